The van der Waals surface area contributed by atoms with Gasteiger partial charge >= 0.3 is 0 Å². The standard InChI is InChI=1S/C20H22N6O3/c1-14(15-8-10-16(11-9-15)29-13-20(28)25(2)3)21-23-19(27)12-26-18-7-5-4-6-17(18)22-24-26/h4-11H,12-13H2,1-3H3,(H,23,27)/b21-14-. The molecule has 0 bridgehead atoms. The second-order valence-corrected chi connectivity index (χ2v) is 6.57. The highest BCUT2D eigenvalue weighted by molar-refractivity contribution is 5.99. The molecule has 1 N–H and O–H groups in total. The molecule has 0 aliphatic rings. The second kappa shape index (κ2) is 8.96. The Morgan fingerprint density at radius 2 is 1.86 bits per heavy atom. The normalized spacial score (nSPS) is 11.3. The molecule has 0 radical (unpaired) electrons. The fourth-order valence-corrected chi connectivity index (χ4v) is 2.48. The van der Waals surface area contributed by atoms with Crippen molar-refractivity contribution in [3.63, 3.8) is 0 Å². The van der Waals surface area contributed by atoms with Gasteiger partial charge in [0.25, 0.3) is 11.8 Å². The van der Waals surface area contributed by atoms with Gasteiger partial charge in [-0.1, -0.05) is 17.3 Å². The van der Waals surface area contributed by atoms with Gasteiger partial charge in [-0.25, -0.2) is 10.1 Å². The first-order valence-corrected chi connectivity index (χ1v) is 8.99. The molecule has 0 atom stereocenters. The fraction of sp³-hybridized carbons (Fsp3) is 0.250. The van der Waals surface area contributed by atoms with Crippen LogP contribution in [0.15, 0.2) is 53.6 Å². The van der Waals surface area contributed by atoms with Crippen LogP contribution in [0.25, 0.3) is 11.0 Å². The highest BCUT2D eigenvalue weighted by Crippen LogP contribution is 2.13. The van der Waals surface area contributed by atoms with E-state index in [2.05, 4.69) is 20.8 Å². The Balaban J connectivity index is 1.56. The van der Waals surface area contributed by atoms with Crippen LogP contribution in [0.4, 0.5) is 0 Å². The molecule has 3 aromatic rings. The lowest BCUT2D eigenvalue weighted by Gasteiger charge is -2.11. The summed E-state index contributed by atoms with van der Waals surface area (Å²) >= 11 is 0. The molecule has 1 heterocycles. The van der Waals surface area contributed by atoms with Crippen molar-refractivity contribution in [1.82, 2.24) is 25.3 Å². The van der Waals surface area contributed by atoms with Gasteiger partial charge in [-0.15, -0.1) is 5.10 Å². The second-order valence-electron chi connectivity index (χ2n) is 6.57. The van der Waals surface area contributed by atoms with Crippen molar-refractivity contribution in [2.75, 3.05) is 20.7 Å². The van der Waals surface area contributed by atoms with Gasteiger partial charge in [0, 0.05) is 14.1 Å². The molecule has 3 rings (SSSR count). The minimum atomic E-state index is -0.304. The van der Waals surface area contributed by atoms with Gasteiger partial charge in [-0.2, -0.15) is 5.10 Å². The number of hydrogen-bond donors (Lipinski definition) is 1. The fourth-order valence-electron chi connectivity index (χ4n) is 2.48. The Bertz CT molecular complexity index is 1040. The highest BCUT2D eigenvalue weighted by atomic mass is 16.5. The molecule has 0 saturated carbocycles. The Morgan fingerprint density at radius 3 is 2.59 bits per heavy atom. The molecule has 0 saturated heterocycles. The predicted octanol–water partition coefficient (Wildman–Crippen LogP) is 1.44. The van der Waals surface area contributed by atoms with E-state index in [1.165, 1.54) is 9.58 Å². The van der Waals surface area contributed by atoms with Gasteiger partial charge in [-0.05, 0) is 48.9 Å². The maximum absolute atomic E-state index is 12.2. The Labute approximate surface area is 167 Å². The lowest BCUT2D eigenvalue weighted by atomic mass is 10.1. The molecule has 0 fully saturated rings. The number of ether oxygens (including phenoxy) is 1. The van der Waals surface area contributed by atoms with Crippen molar-refractivity contribution in [2.45, 2.75) is 13.5 Å². The summed E-state index contributed by atoms with van der Waals surface area (Å²) in [7, 11) is 3.35. The zero-order valence-corrected chi connectivity index (χ0v) is 16.5. The lowest BCUT2D eigenvalue weighted by molar-refractivity contribution is -0.130. The van der Waals surface area contributed by atoms with Crippen LogP contribution in [-0.2, 0) is 16.1 Å². The average Bonchev–Trinajstić information content (AvgIpc) is 3.13. The molecule has 1 aromatic heterocycles. The molecule has 0 spiro atoms. The van der Waals surface area contributed by atoms with E-state index in [4.69, 9.17) is 4.74 Å². The van der Waals surface area contributed by atoms with Crippen molar-refractivity contribution < 1.29 is 14.3 Å². The molecular weight excluding hydrogens is 372 g/mol. The maximum Gasteiger partial charge on any atom is 0.261 e. The van der Waals surface area contributed by atoms with E-state index in [1.807, 2.05) is 36.4 Å². The van der Waals surface area contributed by atoms with Crippen molar-refractivity contribution >= 4 is 28.6 Å². The lowest BCUT2D eigenvalue weighted by Crippen LogP contribution is -2.27. The monoisotopic (exact) mass is 394 g/mol. The molecule has 9 nitrogen and oxygen atoms in total. The quantitative estimate of drug-likeness (QED) is 0.483. The summed E-state index contributed by atoms with van der Waals surface area (Å²) in [5.41, 5.74) is 5.50. The zero-order chi connectivity index (χ0) is 20.8. The maximum atomic E-state index is 12.2. The van der Waals surface area contributed by atoms with Crippen LogP contribution in [0.5, 0.6) is 5.75 Å². The van der Waals surface area contributed by atoms with Gasteiger partial charge in [0.2, 0.25) is 0 Å². The first-order valence-electron chi connectivity index (χ1n) is 8.99. The summed E-state index contributed by atoms with van der Waals surface area (Å²) in [6.07, 6.45) is 0. The van der Waals surface area contributed by atoms with Crippen molar-refractivity contribution in [2.24, 2.45) is 5.10 Å². The van der Waals surface area contributed by atoms with Crippen LogP contribution < -0.4 is 10.2 Å². The van der Waals surface area contributed by atoms with E-state index in [9.17, 15) is 9.59 Å². The first-order chi connectivity index (χ1) is 13.9. The molecule has 2 amide bonds. The number of carbonyl (C=O) groups excluding carboxylic acids is 2. The molecule has 29 heavy (non-hydrogen) atoms. The number of amides is 2. The van der Waals surface area contributed by atoms with Crippen LogP contribution in [0, 0.1) is 0 Å². The van der Waals surface area contributed by atoms with Crippen LogP contribution >= 0.6 is 0 Å². The SMILES string of the molecule is C/C(=N/NC(=O)Cn1nnc2ccccc21)c1ccc(OCC(=O)N(C)C)cc1. The largest absolute Gasteiger partial charge is 0.484 e. The smallest absolute Gasteiger partial charge is 0.261 e. The number of carbonyl (C=O) groups is 2. The third kappa shape index (κ3) is 5.16. The summed E-state index contributed by atoms with van der Waals surface area (Å²) in [5.74, 6) is 0.163. The number of likely N-dealkylation sites (N-methyl/N-ethyl adjacent to an activating group) is 1. The number of nitrogens with one attached hydrogen (secondary N) is 1. The van der Waals surface area contributed by atoms with E-state index >= 15 is 0 Å². The van der Waals surface area contributed by atoms with Gasteiger partial charge in [0.05, 0.1) is 11.2 Å². The van der Waals surface area contributed by atoms with Crippen molar-refractivity contribution in [1.29, 1.82) is 0 Å². The van der Waals surface area contributed by atoms with Gasteiger partial charge in [0.15, 0.2) is 6.61 Å². The van der Waals surface area contributed by atoms with E-state index in [0.29, 0.717) is 11.5 Å². The van der Waals surface area contributed by atoms with Crippen molar-refractivity contribution in [3.8, 4) is 5.75 Å². The number of rotatable bonds is 7. The predicted molar refractivity (Wildman–Crippen MR) is 109 cm³/mol. The van der Waals surface area contributed by atoms with E-state index in [-0.39, 0.29) is 25.0 Å². The number of fused-ring (bicyclic) bond motifs is 1. The van der Waals surface area contributed by atoms with E-state index < -0.39 is 0 Å². The number of nitrogens with zero attached hydrogens (tertiary/aromatic N) is 5. The number of hydrogen-bond acceptors (Lipinski definition) is 6. The minimum absolute atomic E-state index is 0.0178. The molecule has 0 aliphatic heterocycles. The Morgan fingerprint density at radius 1 is 1.14 bits per heavy atom. The van der Waals surface area contributed by atoms with Crippen molar-refractivity contribution in [3.05, 3.63) is 54.1 Å². The third-order valence-electron chi connectivity index (χ3n) is 4.20. The van der Waals surface area contributed by atoms with Crippen LogP contribution in [0.1, 0.15) is 12.5 Å². The van der Waals surface area contributed by atoms with E-state index in [1.54, 1.807) is 33.2 Å². The Hall–Kier alpha value is -3.75. The molecule has 0 aliphatic carbocycles. The topological polar surface area (TPSA) is 102 Å². The van der Waals surface area contributed by atoms with Crippen LogP contribution in [0.3, 0.4) is 0 Å². The summed E-state index contributed by atoms with van der Waals surface area (Å²) in [5, 5.41) is 12.1. The highest BCUT2D eigenvalue weighted by Gasteiger charge is 2.09. The molecule has 2 aromatic carbocycles. The zero-order valence-electron chi connectivity index (χ0n) is 16.5. The van der Waals surface area contributed by atoms with Gasteiger partial charge in [0.1, 0.15) is 17.8 Å². The summed E-state index contributed by atoms with van der Waals surface area (Å²) < 4.78 is 6.96. The number of hydrazone groups is 1. The summed E-state index contributed by atoms with van der Waals surface area (Å²) in [6.45, 7) is 1.78. The molecular formula is C20H22N6O3. The molecule has 0 unspecified atom stereocenters. The third-order valence-corrected chi connectivity index (χ3v) is 4.20. The van der Waals surface area contributed by atoms with Crippen LogP contribution in [-0.4, -0.2) is 58.1 Å². The average molecular weight is 394 g/mol. The number of para-hydroxylation sites is 1. The summed E-state index contributed by atoms with van der Waals surface area (Å²) in [4.78, 5) is 25.2. The Kier molecular flexibility index (Phi) is 6.18. The van der Waals surface area contributed by atoms with Gasteiger partial charge < -0.3 is 9.64 Å². The summed E-state index contributed by atoms with van der Waals surface area (Å²) in [6, 6.07) is 14.5. The first kappa shape index (κ1) is 20.0. The van der Waals surface area contributed by atoms with Crippen LogP contribution in [0.2, 0.25) is 0 Å². The number of benzene rings is 2. The van der Waals surface area contributed by atoms with E-state index in [0.717, 1.165) is 16.6 Å². The van der Waals surface area contributed by atoms with Gasteiger partial charge in [-0.3, -0.25) is 9.59 Å². The minimum Gasteiger partial charge on any atom is -0.484 e. The molecule has 150 valence electrons. The molecule has 9 heteroatoms. The number of aromatic nitrogens is 3.